The van der Waals surface area contributed by atoms with E-state index in [4.69, 9.17) is 18.0 Å². The summed E-state index contributed by atoms with van der Waals surface area (Å²) < 4.78 is 0. The molecule has 0 radical (unpaired) electrons. The van der Waals surface area contributed by atoms with Crippen LogP contribution in [-0.4, -0.2) is 17.4 Å². The van der Waals surface area contributed by atoms with E-state index in [1.165, 1.54) is 0 Å². The highest BCUT2D eigenvalue weighted by Crippen LogP contribution is 2.18. The molecular weight excluding hydrogens is 256 g/mol. The Balaban J connectivity index is 2.07. The van der Waals surface area contributed by atoms with Crippen LogP contribution in [-0.2, 0) is 0 Å². The molecule has 0 unspecified atom stereocenters. The van der Waals surface area contributed by atoms with Crippen LogP contribution >= 0.6 is 12.2 Å². The Kier molecular flexibility index (Phi) is 4.47. The summed E-state index contributed by atoms with van der Waals surface area (Å²) in [5, 5.41) is 4.93. The van der Waals surface area contributed by atoms with Crippen LogP contribution in [0.25, 0.3) is 10.8 Å². The molecule has 3 N–H and O–H groups in total. The number of amides is 1. The van der Waals surface area contributed by atoms with Crippen molar-refractivity contribution < 1.29 is 4.79 Å². The number of nitrogens with one attached hydrogen (secondary N) is 1. The van der Waals surface area contributed by atoms with E-state index in [9.17, 15) is 4.79 Å². The largest absolute Gasteiger partial charge is 0.393 e. The lowest BCUT2D eigenvalue weighted by Gasteiger charge is -2.07. The zero-order chi connectivity index (χ0) is 13.7. The molecule has 0 aromatic heterocycles. The SMILES string of the molecule is NC(=S)CCCNC(=O)c1cccc2ccccc12. The van der Waals surface area contributed by atoms with E-state index in [1.807, 2.05) is 42.5 Å². The first kappa shape index (κ1) is 13.5. The Bertz CT molecular complexity index is 605. The Morgan fingerprint density at radius 1 is 1.16 bits per heavy atom. The molecule has 2 aromatic rings. The molecule has 0 saturated heterocycles. The Morgan fingerprint density at radius 2 is 1.89 bits per heavy atom. The van der Waals surface area contributed by atoms with Gasteiger partial charge in [-0.05, 0) is 29.7 Å². The van der Waals surface area contributed by atoms with Gasteiger partial charge >= 0.3 is 0 Å². The van der Waals surface area contributed by atoms with Crippen LogP contribution < -0.4 is 11.1 Å². The number of carbonyl (C=O) groups excluding carboxylic acids is 1. The van der Waals surface area contributed by atoms with Crippen molar-refractivity contribution in [3.63, 3.8) is 0 Å². The molecule has 3 nitrogen and oxygen atoms in total. The molecule has 98 valence electrons. The van der Waals surface area contributed by atoms with Crippen molar-refractivity contribution in [3.05, 3.63) is 48.0 Å². The van der Waals surface area contributed by atoms with Gasteiger partial charge in [-0.15, -0.1) is 0 Å². The highest BCUT2D eigenvalue weighted by Gasteiger charge is 2.08. The maximum Gasteiger partial charge on any atom is 0.251 e. The maximum absolute atomic E-state index is 12.1. The number of rotatable bonds is 5. The summed E-state index contributed by atoms with van der Waals surface area (Å²) in [6.45, 7) is 0.583. The quantitative estimate of drug-likeness (QED) is 0.650. The Hall–Kier alpha value is -1.94. The molecule has 0 spiro atoms. The van der Waals surface area contributed by atoms with Gasteiger partial charge in [-0.1, -0.05) is 48.6 Å². The highest BCUT2D eigenvalue weighted by molar-refractivity contribution is 7.80. The van der Waals surface area contributed by atoms with Gasteiger partial charge in [0.15, 0.2) is 0 Å². The molecule has 0 aliphatic rings. The molecule has 0 heterocycles. The van der Waals surface area contributed by atoms with Crippen molar-refractivity contribution in [2.75, 3.05) is 6.54 Å². The molecule has 2 aromatic carbocycles. The number of hydrogen-bond donors (Lipinski definition) is 2. The lowest BCUT2D eigenvalue weighted by molar-refractivity contribution is 0.0955. The number of benzene rings is 2. The van der Waals surface area contributed by atoms with E-state index in [1.54, 1.807) is 0 Å². The molecule has 4 heteroatoms. The smallest absolute Gasteiger partial charge is 0.251 e. The average molecular weight is 272 g/mol. The molecule has 0 saturated carbocycles. The fraction of sp³-hybridized carbons (Fsp3) is 0.200. The third-order valence-corrected chi connectivity index (χ3v) is 3.12. The Morgan fingerprint density at radius 3 is 2.68 bits per heavy atom. The second kappa shape index (κ2) is 6.29. The fourth-order valence-electron chi connectivity index (χ4n) is 1.98. The summed E-state index contributed by atoms with van der Waals surface area (Å²) in [4.78, 5) is 12.6. The minimum absolute atomic E-state index is 0.0558. The second-order valence-electron chi connectivity index (χ2n) is 4.35. The molecule has 0 atom stereocenters. The number of carbonyl (C=O) groups is 1. The molecule has 0 aliphatic carbocycles. The van der Waals surface area contributed by atoms with Crippen LogP contribution in [0.2, 0.25) is 0 Å². The minimum atomic E-state index is -0.0558. The Labute approximate surface area is 117 Å². The lowest BCUT2D eigenvalue weighted by Crippen LogP contribution is -2.25. The van der Waals surface area contributed by atoms with Crippen molar-refractivity contribution in [2.24, 2.45) is 5.73 Å². The zero-order valence-corrected chi connectivity index (χ0v) is 11.4. The fourth-order valence-corrected chi connectivity index (χ4v) is 2.13. The van der Waals surface area contributed by atoms with E-state index >= 15 is 0 Å². The summed E-state index contributed by atoms with van der Waals surface area (Å²) in [5.41, 5.74) is 6.12. The zero-order valence-electron chi connectivity index (χ0n) is 10.6. The van der Waals surface area contributed by atoms with E-state index in [-0.39, 0.29) is 5.91 Å². The van der Waals surface area contributed by atoms with E-state index in [0.29, 0.717) is 23.5 Å². The normalized spacial score (nSPS) is 10.3. The molecule has 0 bridgehead atoms. The van der Waals surface area contributed by atoms with Crippen molar-refractivity contribution in [1.29, 1.82) is 0 Å². The first-order chi connectivity index (χ1) is 9.18. The third kappa shape index (κ3) is 3.51. The standard InChI is InChI=1S/C15H16N2OS/c16-14(19)9-4-10-17-15(18)13-8-3-6-11-5-1-2-7-12(11)13/h1-3,5-8H,4,9-10H2,(H2,16,19)(H,17,18). The molecule has 1 amide bonds. The first-order valence-corrected chi connectivity index (χ1v) is 6.63. The summed E-state index contributed by atoms with van der Waals surface area (Å²) in [7, 11) is 0. The molecule has 19 heavy (non-hydrogen) atoms. The van der Waals surface area contributed by atoms with Gasteiger partial charge in [-0.2, -0.15) is 0 Å². The molecule has 2 rings (SSSR count). The number of hydrogen-bond acceptors (Lipinski definition) is 2. The van der Waals surface area contributed by atoms with Gasteiger partial charge in [-0.25, -0.2) is 0 Å². The van der Waals surface area contributed by atoms with Crippen LogP contribution in [0, 0.1) is 0 Å². The van der Waals surface area contributed by atoms with Crippen LogP contribution in [0.15, 0.2) is 42.5 Å². The van der Waals surface area contributed by atoms with E-state index in [2.05, 4.69) is 5.32 Å². The van der Waals surface area contributed by atoms with Gasteiger partial charge in [0.1, 0.15) is 0 Å². The summed E-state index contributed by atoms with van der Waals surface area (Å²) >= 11 is 4.80. The summed E-state index contributed by atoms with van der Waals surface area (Å²) in [6, 6.07) is 13.6. The number of fused-ring (bicyclic) bond motifs is 1. The van der Waals surface area contributed by atoms with Gasteiger partial charge in [-0.3, -0.25) is 4.79 Å². The van der Waals surface area contributed by atoms with Crippen molar-refractivity contribution in [2.45, 2.75) is 12.8 Å². The maximum atomic E-state index is 12.1. The molecular formula is C15H16N2OS. The number of thiocarbonyl (C=S) groups is 1. The van der Waals surface area contributed by atoms with E-state index < -0.39 is 0 Å². The van der Waals surface area contributed by atoms with Gasteiger partial charge < -0.3 is 11.1 Å². The lowest BCUT2D eigenvalue weighted by atomic mass is 10.0. The first-order valence-electron chi connectivity index (χ1n) is 6.23. The van der Waals surface area contributed by atoms with Crippen molar-refractivity contribution in [1.82, 2.24) is 5.32 Å². The summed E-state index contributed by atoms with van der Waals surface area (Å²) in [5.74, 6) is -0.0558. The molecule has 0 aliphatic heterocycles. The number of nitrogens with two attached hydrogens (primary N) is 1. The molecule has 0 fully saturated rings. The average Bonchev–Trinajstić information content (AvgIpc) is 2.42. The van der Waals surface area contributed by atoms with Crippen LogP contribution in [0.5, 0.6) is 0 Å². The summed E-state index contributed by atoms with van der Waals surface area (Å²) in [6.07, 6.45) is 1.43. The van der Waals surface area contributed by atoms with Crippen molar-refractivity contribution >= 4 is 33.9 Å². The topological polar surface area (TPSA) is 55.1 Å². The minimum Gasteiger partial charge on any atom is -0.393 e. The monoisotopic (exact) mass is 272 g/mol. The van der Waals surface area contributed by atoms with Gasteiger partial charge in [0.25, 0.3) is 5.91 Å². The third-order valence-electron chi connectivity index (χ3n) is 2.92. The predicted molar refractivity (Wildman–Crippen MR) is 82.3 cm³/mol. The van der Waals surface area contributed by atoms with Gasteiger partial charge in [0.05, 0.1) is 4.99 Å². The van der Waals surface area contributed by atoms with Gasteiger partial charge in [0.2, 0.25) is 0 Å². The predicted octanol–water partition coefficient (Wildman–Crippen LogP) is 2.64. The van der Waals surface area contributed by atoms with Gasteiger partial charge in [0, 0.05) is 12.1 Å². The van der Waals surface area contributed by atoms with Crippen LogP contribution in [0.1, 0.15) is 23.2 Å². The van der Waals surface area contributed by atoms with Crippen LogP contribution in [0.3, 0.4) is 0 Å². The van der Waals surface area contributed by atoms with Crippen molar-refractivity contribution in [3.8, 4) is 0 Å². The second-order valence-corrected chi connectivity index (χ2v) is 4.88. The highest BCUT2D eigenvalue weighted by atomic mass is 32.1. The van der Waals surface area contributed by atoms with Crippen LogP contribution in [0.4, 0.5) is 0 Å². The van der Waals surface area contributed by atoms with E-state index in [0.717, 1.165) is 17.2 Å².